The van der Waals surface area contributed by atoms with Crippen molar-refractivity contribution in [2.24, 2.45) is 5.73 Å². The lowest BCUT2D eigenvalue weighted by Gasteiger charge is -2.08. The van der Waals surface area contributed by atoms with Gasteiger partial charge in [-0.05, 0) is 37.6 Å². The zero-order chi connectivity index (χ0) is 14.8. The normalized spacial score (nSPS) is 11.3. The number of aryl methyl sites for hydroxylation is 2. The molecule has 0 saturated heterocycles. The molecule has 2 aromatic rings. The Bertz CT molecular complexity index is 709. The molecule has 6 nitrogen and oxygen atoms in total. The highest BCUT2D eigenvalue weighted by molar-refractivity contribution is 7.92. The van der Waals surface area contributed by atoms with Crippen LogP contribution in [0.25, 0.3) is 0 Å². The largest absolute Gasteiger partial charge is 0.326 e. The molecule has 0 saturated carbocycles. The van der Waals surface area contributed by atoms with Crippen LogP contribution in [-0.4, -0.2) is 18.4 Å². The van der Waals surface area contributed by atoms with E-state index in [2.05, 4.69) is 14.7 Å². The van der Waals surface area contributed by atoms with Crippen LogP contribution in [0.4, 0.5) is 5.95 Å². The summed E-state index contributed by atoms with van der Waals surface area (Å²) in [4.78, 5) is 8.26. The molecule has 0 aliphatic heterocycles. The minimum atomic E-state index is -3.71. The molecule has 0 radical (unpaired) electrons. The first kappa shape index (κ1) is 14.4. The fraction of sp³-hybridized carbons (Fsp3) is 0.231. The summed E-state index contributed by atoms with van der Waals surface area (Å²) in [6.45, 7) is 3.84. The molecule has 0 fully saturated rings. The second kappa shape index (κ2) is 5.56. The summed E-state index contributed by atoms with van der Waals surface area (Å²) in [5.41, 5.74) is 7.66. The number of hydrogen-bond donors (Lipinski definition) is 2. The molecule has 3 N–H and O–H groups in total. The molecular formula is C13H16N4O2S. The summed E-state index contributed by atoms with van der Waals surface area (Å²) in [5.74, 6) is 0.0700. The van der Waals surface area contributed by atoms with Crippen molar-refractivity contribution >= 4 is 16.0 Å². The highest BCUT2D eigenvalue weighted by atomic mass is 32.2. The van der Waals surface area contributed by atoms with Crippen molar-refractivity contribution in [3.63, 3.8) is 0 Å². The summed E-state index contributed by atoms with van der Waals surface area (Å²) >= 11 is 0. The number of aromatic nitrogens is 2. The fourth-order valence-corrected chi connectivity index (χ4v) is 2.80. The zero-order valence-electron chi connectivity index (χ0n) is 11.3. The Balaban J connectivity index is 2.35. The molecule has 106 valence electrons. The number of sulfonamides is 1. The molecular weight excluding hydrogens is 276 g/mol. The van der Waals surface area contributed by atoms with E-state index >= 15 is 0 Å². The average molecular weight is 292 g/mol. The first-order valence-electron chi connectivity index (χ1n) is 6.05. The predicted molar refractivity (Wildman–Crippen MR) is 76.6 cm³/mol. The Morgan fingerprint density at radius 1 is 1.15 bits per heavy atom. The van der Waals surface area contributed by atoms with Crippen LogP contribution in [0.3, 0.4) is 0 Å². The molecule has 7 heteroatoms. The average Bonchev–Trinajstić information content (AvgIpc) is 2.37. The monoisotopic (exact) mass is 292 g/mol. The Morgan fingerprint density at radius 2 is 1.80 bits per heavy atom. The second-order valence-electron chi connectivity index (χ2n) is 4.43. The van der Waals surface area contributed by atoms with Crippen molar-refractivity contribution in [2.45, 2.75) is 25.3 Å². The number of benzene rings is 1. The van der Waals surface area contributed by atoms with E-state index in [4.69, 9.17) is 5.73 Å². The molecule has 0 atom stereocenters. The quantitative estimate of drug-likeness (QED) is 0.886. The summed E-state index contributed by atoms with van der Waals surface area (Å²) in [6, 6.07) is 8.23. The minimum Gasteiger partial charge on any atom is -0.326 e. The molecule has 2 rings (SSSR count). The van der Waals surface area contributed by atoms with Crippen molar-refractivity contribution in [3.8, 4) is 0 Å². The molecule has 1 aromatic carbocycles. The van der Waals surface area contributed by atoms with Gasteiger partial charge in [0, 0.05) is 17.9 Å². The van der Waals surface area contributed by atoms with Gasteiger partial charge in [-0.25, -0.2) is 23.1 Å². The van der Waals surface area contributed by atoms with Crippen LogP contribution in [-0.2, 0) is 16.6 Å². The van der Waals surface area contributed by atoms with Gasteiger partial charge >= 0.3 is 0 Å². The van der Waals surface area contributed by atoms with E-state index in [1.165, 1.54) is 12.1 Å². The van der Waals surface area contributed by atoms with Gasteiger partial charge < -0.3 is 5.73 Å². The maximum atomic E-state index is 12.3. The van der Waals surface area contributed by atoms with E-state index in [-0.39, 0.29) is 17.4 Å². The van der Waals surface area contributed by atoms with Gasteiger partial charge in [0.2, 0.25) is 5.95 Å². The van der Waals surface area contributed by atoms with Crippen molar-refractivity contribution in [1.29, 1.82) is 0 Å². The third-order valence-electron chi connectivity index (χ3n) is 2.65. The second-order valence-corrected chi connectivity index (χ2v) is 6.11. The standard InChI is InChI=1S/C13H16N4O2S/c1-9-6-10(2)16-13(15-9)17-20(18,19)12-5-3-4-11(7-12)8-14/h3-7H,8,14H2,1-2H3,(H,15,16,17). The molecule has 0 aliphatic rings. The fourth-order valence-electron chi connectivity index (χ4n) is 1.79. The molecule has 1 heterocycles. The Labute approximate surface area is 118 Å². The predicted octanol–water partition coefficient (Wildman–Crippen LogP) is 1.35. The highest BCUT2D eigenvalue weighted by Gasteiger charge is 2.16. The van der Waals surface area contributed by atoms with Crippen LogP contribution < -0.4 is 10.5 Å². The lowest BCUT2D eigenvalue weighted by molar-refractivity contribution is 0.600. The SMILES string of the molecule is Cc1cc(C)nc(NS(=O)(=O)c2cccc(CN)c2)n1. The van der Waals surface area contributed by atoms with E-state index in [0.29, 0.717) is 11.4 Å². The Kier molecular flexibility index (Phi) is 4.01. The number of nitrogens with two attached hydrogens (primary N) is 1. The van der Waals surface area contributed by atoms with Gasteiger partial charge in [-0.15, -0.1) is 0 Å². The lowest BCUT2D eigenvalue weighted by atomic mass is 10.2. The van der Waals surface area contributed by atoms with Crippen LogP contribution in [0.15, 0.2) is 35.2 Å². The van der Waals surface area contributed by atoms with Crippen LogP contribution in [0.2, 0.25) is 0 Å². The van der Waals surface area contributed by atoms with Crippen molar-refractivity contribution in [3.05, 3.63) is 47.3 Å². The number of anilines is 1. The van der Waals surface area contributed by atoms with E-state index < -0.39 is 10.0 Å². The number of nitrogens with one attached hydrogen (secondary N) is 1. The summed E-state index contributed by atoms with van der Waals surface area (Å²) < 4.78 is 26.9. The number of nitrogens with zero attached hydrogens (tertiary/aromatic N) is 2. The summed E-state index contributed by atoms with van der Waals surface area (Å²) in [7, 11) is -3.71. The van der Waals surface area contributed by atoms with E-state index in [1.54, 1.807) is 32.0 Å². The first-order chi connectivity index (χ1) is 9.40. The first-order valence-corrected chi connectivity index (χ1v) is 7.53. The third-order valence-corrected chi connectivity index (χ3v) is 3.98. The van der Waals surface area contributed by atoms with E-state index in [9.17, 15) is 8.42 Å². The van der Waals surface area contributed by atoms with Crippen LogP contribution in [0.1, 0.15) is 17.0 Å². The maximum Gasteiger partial charge on any atom is 0.264 e. The van der Waals surface area contributed by atoms with Crippen LogP contribution >= 0.6 is 0 Å². The Hall–Kier alpha value is -1.99. The molecule has 0 amide bonds. The smallest absolute Gasteiger partial charge is 0.264 e. The Morgan fingerprint density at radius 3 is 2.40 bits per heavy atom. The van der Waals surface area contributed by atoms with Gasteiger partial charge in [-0.1, -0.05) is 12.1 Å². The van der Waals surface area contributed by atoms with Crippen molar-refractivity contribution in [2.75, 3.05) is 4.72 Å². The van der Waals surface area contributed by atoms with E-state index in [0.717, 1.165) is 5.56 Å². The maximum absolute atomic E-state index is 12.3. The zero-order valence-corrected chi connectivity index (χ0v) is 12.1. The van der Waals surface area contributed by atoms with Crippen LogP contribution in [0.5, 0.6) is 0 Å². The van der Waals surface area contributed by atoms with Gasteiger partial charge in [0.1, 0.15) is 0 Å². The molecule has 0 unspecified atom stereocenters. The van der Waals surface area contributed by atoms with Gasteiger partial charge in [0.15, 0.2) is 0 Å². The van der Waals surface area contributed by atoms with Crippen molar-refractivity contribution < 1.29 is 8.42 Å². The topological polar surface area (TPSA) is 98.0 Å². The van der Waals surface area contributed by atoms with Gasteiger partial charge in [0.05, 0.1) is 4.90 Å². The van der Waals surface area contributed by atoms with E-state index in [1.807, 2.05) is 0 Å². The third kappa shape index (κ3) is 3.31. The molecule has 0 bridgehead atoms. The molecule has 0 spiro atoms. The molecule has 1 aromatic heterocycles. The highest BCUT2D eigenvalue weighted by Crippen LogP contribution is 2.15. The molecule has 0 aliphatic carbocycles. The van der Waals surface area contributed by atoms with Crippen molar-refractivity contribution in [1.82, 2.24) is 9.97 Å². The number of hydrogen-bond acceptors (Lipinski definition) is 5. The molecule has 20 heavy (non-hydrogen) atoms. The summed E-state index contributed by atoms with van der Waals surface area (Å²) in [6.07, 6.45) is 0. The number of rotatable bonds is 4. The lowest BCUT2D eigenvalue weighted by Crippen LogP contribution is -2.16. The summed E-state index contributed by atoms with van der Waals surface area (Å²) in [5, 5.41) is 0. The minimum absolute atomic E-state index is 0.0700. The van der Waals surface area contributed by atoms with Crippen LogP contribution in [0, 0.1) is 13.8 Å². The van der Waals surface area contributed by atoms with Gasteiger partial charge in [0.25, 0.3) is 10.0 Å². The van der Waals surface area contributed by atoms with Gasteiger partial charge in [-0.3, -0.25) is 0 Å². The van der Waals surface area contributed by atoms with Gasteiger partial charge in [-0.2, -0.15) is 0 Å².